The Hall–Kier alpha value is -4.25. The van der Waals surface area contributed by atoms with Gasteiger partial charge in [-0.1, -0.05) is 54.5 Å². The predicted octanol–water partition coefficient (Wildman–Crippen LogP) is 4.11. The Morgan fingerprint density at radius 3 is 2.47 bits per heavy atom. The summed E-state index contributed by atoms with van der Waals surface area (Å²) in [5.41, 5.74) is 5.16. The number of hydrogen-bond donors (Lipinski definition) is 2. The van der Waals surface area contributed by atoms with E-state index in [2.05, 4.69) is 22.5 Å². The molecule has 7 nitrogen and oxygen atoms in total. The van der Waals surface area contributed by atoms with Gasteiger partial charge in [0.25, 0.3) is 5.91 Å². The molecule has 2 amide bonds. The summed E-state index contributed by atoms with van der Waals surface area (Å²) in [6.45, 7) is 2.70. The summed E-state index contributed by atoms with van der Waals surface area (Å²) in [5.74, 6) is 4.27. The molecule has 0 radical (unpaired) electrons. The predicted molar refractivity (Wildman–Crippen MR) is 142 cm³/mol. The van der Waals surface area contributed by atoms with Gasteiger partial charge in [0.05, 0.1) is 25.5 Å². The fraction of sp³-hybridized carbons (Fsp3) is 0.207. The number of nitrogens with one attached hydrogen (secondary N) is 2. The molecule has 3 aromatic carbocycles. The third-order valence-electron chi connectivity index (χ3n) is 5.63. The molecule has 1 unspecified atom stereocenters. The molecule has 2 N–H and O–H groups in total. The average Bonchev–Trinajstić information content (AvgIpc) is 3.17. The lowest BCUT2D eigenvalue weighted by Gasteiger charge is -2.33. The van der Waals surface area contributed by atoms with Gasteiger partial charge < -0.3 is 20.5 Å². The van der Waals surface area contributed by atoms with Crippen molar-refractivity contribution in [1.82, 2.24) is 5.32 Å². The van der Waals surface area contributed by atoms with E-state index in [0.717, 1.165) is 16.7 Å². The number of aliphatic imine (C=N–C) groups is 1. The zero-order valence-corrected chi connectivity index (χ0v) is 20.5. The van der Waals surface area contributed by atoms with E-state index in [1.807, 2.05) is 67.6 Å². The van der Waals surface area contributed by atoms with E-state index in [0.29, 0.717) is 35.7 Å². The van der Waals surface area contributed by atoms with Gasteiger partial charge in [-0.2, -0.15) is 0 Å². The summed E-state index contributed by atoms with van der Waals surface area (Å²) in [6.07, 6.45) is 0. The molecule has 1 aliphatic heterocycles. The Morgan fingerprint density at radius 1 is 1.08 bits per heavy atom. The molecule has 0 aliphatic carbocycles. The summed E-state index contributed by atoms with van der Waals surface area (Å²) >= 11 is 0. The summed E-state index contributed by atoms with van der Waals surface area (Å²) < 4.78 is -0.410. The molecular weight excluding hydrogens is 452 g/mol. The van der Waals surface area contributed by atoms with Gasteiger partial charge in [-0.3, -0.25) is 14.6 Å². The lowest BCUT2D eigenvalue weighted by molar-refractivity contribution is -0.853. The monoisotopic (exact) mass is 480 g/mol. The van der Waals surface area contributed by atoms with Crippen LogP contribution in [0, 0.1) is 17.0 Å². The Bertz CT molecular complexity index is 1360. The number of carbonyl (C=O) groups excluding carboxylic acids is 2. The first kappa shape index (κ1) is 24.9. The number of anilines is 1. The van der Waals surface area contributed by atoms with Crippen LogP contribution in [-0.4, -0.2) is 42.8 Å². The number of amides is 2. The van der Waals surface area contributed by atoms with Crippen molar-refractivity contribution in [3.8, 4) is 11.8 Å². The largest absolute Gasteiger partial charge is 0.633 e. The van der Waals surface area contributed by atoms with Gasteiger partial charge in [-0.15, -0.1) is 0 Å². The Labute approximate surface area is 211 Å². The van der Waals surface area contributed by atoms with Gasteiger partial charge in [0, 0.05) is 29.3 Å². The zero-order chi connectivity index (χ0) is 25.7. The van der Waals surface area contributed by atoms with Crippen LogP contribution in [0.2, 0.25) is 0 Å². The second-order valence-corrected chi connectivity index (χ2v) is 9.10. The first-order valence-corrected chi connectivity index (χ1v) is 11.7. The minimum Gasteiger partial charge on any atom is -0.633 e. The lowest BCUT2D eigenvalue weighted by Crippen LogP contribution is -2.30. The van der Waals surface area contributed by atoms with Crippen LogP contribution in [0.5, 0.6) is 0 Å². The second-order valence-electron chi connectivity index (χ2n) is 9.10. The summed E-state index contributed by atoms with van der Waals surface area (Å²) in [4.78, 5) is 29.7. The van der Waals surface area contributed by atoms with Crippen molar-refractivity contribution in [2.24, 2.45) is 4.99 Å². The molecule has 1 heterocycles. The molecule has 0 fully saturated rings. The number of hydroxylamine groups is 3. The van der Waals surface area contributed by atoms with E-state index in [9.17, 15) is 14.8 Å². The van der Waals surface area contributed by atoms with Crippen LogP contribution in [0.15, 0.2) is 77.8 Å². The third kappa shape index (κ3) is 6.05. The van der Waals surface area contributed by atoms with Crippen LogP contribution in [0.4, 0.5) is 11.4 Å². The van der Waals surface area contributed by atoms with Crippen molar-refractivity contribution in [3.63, 3.8) is 0 Å². The third-order valence-corrected chi connectivity index (χ3v) is 5.63. The SMILES string of the molecule is CCNC(=O)C#Cc1ccc2c(c1)NC(=O)C2C(=Nc1ccc(C[N+](C)(C)[O-])cc1)c1ccccc1. The van der Waals surface area contributed by atoms with Crippen LogP contribution in [-0.2, 0) is 16.1 Å². The molecule has 0 aromatic heterocycles. The maximum absolute atomic E-state index is 13.2. The van der Waals surface area contributed by atoms with Gasteiger partial charge in [0.15, 0.2) is 0 Å². The molecular formula is C29H28N4O3. The zero-order valence-electron chi connectivity index (χ0n) is 20.5. The van der Waals surface area contributed by atoms with E-state index < -0.39 is 10.6 Å². The molecule has 0 bridgehead atoms. The number of hydrogen-bond acceptors (Lipinski definition) is 4. The van der Waals surface area contributed by atoms with E-state index in [1.54, 1.807) is 26.2 Å². The highest BCUT2D eigenvalue weighted by Gasteiger charge is 2.35. The average molecular weight is 481 g/mol. The molecule has 7 heteroatoms. The Kier molecular flexibility index (Phi) is 7.30. The van der Waals surface area contributed by atoms with E-state index in [-0.39, 0.29) is 11.8 Å². The van der Waals surface area contributed by atoms with E-state index in [1.165, 1.54) is 0 Å². The Morgan fingerprint density at radius 2 is 1.81 bits per heavy atom. The highest BCUT2D eigenvalue weighted by molar-refractivity contribution is 6.24. The smallest absolute Gasteiger partial charge is 0.296 e. The van der Waals surface area contributed by atoms with Gasteiger partial charge >= 0.3 is 0 Å². The Balaban J connectivity index is 1.70. The number of benzene rings is 3. The van der Waals surface area contributed by atoms with Crippen molar-refractivity contribution >= 4 is 28.9 Å². The lowest BCUT2D eigenvalue weighted by atomic mass is 9.90. The summed E-state index contributed by atoms with van der Waals surface area (Å²) in [7, 11) is 3.21. The topological polar surface area (TPSA) is 93.6 Å². The first-order valence-electron chi connectivity index (χ1n) is 11.7. The molecule has 1 atom stereocenters. The van der Waals surface area contributed by atoms with E-state index >= 15 is 0 Å². The van der Waals surface area contributed by atoms with E-state index in [4.69, 9.17) is 4.99 Å². The minimum atomic E-state index is -0.607. The quantitative estimate of drug-likeness (QED) is 0.241. The summed E-state index contributed by atoms with van der Waals surface area (Å²) in [5, 5.41) is 17.6. The van der Waals surface area contributed by atoms with Gasteiger partial charge in [0.2, 0.25) is 5.91 Å². The maximum atomic E-state index is 13.2. The highest BCUT2D eigenvalue weighted by atomic mass is 16.5. The van der Waals surface area contributed by atoms with Crippen molar-refractivity contribution in [2.75, 3.05) is 26.0 Å². The van der Waals surface area contributed by atoms with Crippen molar-refractivity contribution in [2.45, 2.75) is 19.4 Å². The highest BCUT2D eigenvalue weighted by Crippen LogP contribution is 2.37. The number of rotatable bonds is 6. The van der Waals surface area contributed by atoms with Crippen molar-refractivity contribution in [1.29, 1.82) is 0 Å². The van der Waals surface area contributed by atoms with Crippen LogP contribution >= 0.6 is 0 Å². The molecule has 0 spiro atoms. The molecule has 182 valence electrons. The number of nitrogens with zero attached hydrogens (tertiary/aromatic N) is 2. The van der Waals surface area contributed by atoms with Gasteiger partial charge in [-0.25, -0.2) is 0 Å². The van der Waals surface area contributed by atoms with Crippen molar-refractivity contribution in [3.05, 3.63) is 100 Å². The molecule has 3 aromatic rings. The maximum Gasteiger partial charge on any atom is 0.296 e. The molecule has 0 saturated carbocycles. The molecule has 4 rings (SSSR count). The fourth-order valence-corrected chi connectivity index (χ4v) is 4.10. The number of fused-ring (bicyclic) bond motifs is 1. The van der Waals surface area contributed by atoms with Crippen LogP contribution < -0.4 is 10.6 Å². The second kappa shape index (κ2) is 10.6. The first-order chi connectivity index (χ1) is 17.2. The van der Waals surface area contributed by atoms with Crippen LogP contribution in [0.25, 0.3) is 0 Å². The number of carbonyl (C=O) groups is 2. The normalized spacial score (nSPS) is 14.9. The fourth-order valence-electron chi connectivity index (χ4n) is 4.10. The molecule has 36 heavy (non-hydrogen) atoms. The standard InChI is InChI=1S/C29H28N4O3/c1-4-30-26(34)17-13-20-12-16-24-25(18-20)32-29(35)27(24)28(22-8-6-5-7-9-22)31-23-14-10-21(11-15-23)19-33(2,3)36/h5-12,14-16,18,27H,4,19H2,1-3H3,(H,30,34)(H,32,35). The van der Waals surface area contributed by atoms with Gasteiger partial charge in [0.1, 0.15) is 12.5 Å². The number of quaternary nitrogens is 1. The van der Waals surface area contributed by atoms with Crippen LogP contribution in [0.3, 0.4) is 0 Å². The molecule has 0 saturated heterocycles. The van der Waals surface area contributed by atoms with Crippen LogP contribution in [0.1, 0.15) is 35.1 Å². The van der Waals surface area contributed by atoms with Crippen molar-refractivity contribution < 1.29 is 14.2 Å². The summed E-state index contributed by atoms with van der Waals surface area (Å²) in [6, 6.07) is 22.6. The van der Waals surface area contributed by atoms with Gasteiger partial charge in [-0.05, 0) is 42.3 Å². The minimum absolute atomic E-state index is 0.177. The molecule has 1 aliphatic rings.